The molecule has 1 saturated heterocycles. The summed E-state index contributed by atoms with van der Waals surface area (Å²) in [5.74, 6) is -0.0145. The second-order valence-corrected chi connectivity index (χ2v) is 5.19. The van der Waals surface area contributed by atoms with Crippen molar-refractivity contribution in [3.05, 3.63) is 41.2 Å². The molecule has 0 aliphatic carbocycles. The SMILES string of the molecule is COCCN1C(=O)[C@@H](n2cnnn2)[C@@H]1c1ccc(Cl)cc1. The van der Waals surface area contributed by atoms with Crippen LogP contribution >= 0.6 is 11.6 Å². The van der Waals surface area contributed by atoms with E-state index in [4.69, 9.17) is 16.3 Å². The maximum Gasteiger partial charge on any atom is 0.250 e. The van der Waals surface area contributed by atoms with Crippen LogP contribution in [-0.4, -0.2) is 51.3 Å². The Morgan fingerprint density at radius 1 is 1.29 bits per heavy atom. The number of hydrogen-bond donors (Lipinski definition) is 0. The van der Waals surface area contributed by atoms with E-state index in [1.54, 1.807) is 12.0 Å². The van der Waals surface area contributed by atoms with Gasteiger partial charge >= 0.3 is 0 Å². The van der Waals surface area contributed by atoms with Gasteiger partial charge in [-0.05, 0) is 28.1 Å². The number of tetrazole rings is 1. The maximum atomic E-state index is 12.3. The van der Waals surface area contributed by atoms with Crippen molar-refractivity contribution >= 4 is 17.5 Å². The highest BCUT2D eigenvalue weighted by Crippen LogP contribution is 2.42. The zero-order valence-electron chi connectivity index (χ0n) is 11.4. The monoisotopic (exact) mass is 307 g/mol. The Labute approximate surface area is 126 Å². The van der Waals surface area contributed by atoms with Gasteiger partial charge in [-0.1, -0.05) is 23.7 Å². The first-order valence-corrected chi connectivity index (χ1v) is 6.87. The molecule has 110 valence electrons. The second kappa shape index (κ2) is 5.79. The van der Waals surface area contributed by atoms with Gasteiger partial charge in [0.1, 0.15) is 6.33 Å². The summed E-state index contributed by atoms with van der Waals surface area (Å²) in [6.07, 6.45) is 1.46. The molecular weight excluding hydrogens is 294 g/mol. The average molecular weight is 308 g/mol. The van der Waals surface area contributed by atoms with E-state index in [0.717, 1.165) is 5.56 Å². The maximum absolute atomic E-state index is 12.3. The van der Waals surface area contributed by atoms with Gasteiger partial charge in [-0.3, -0.25) is 4.79 Å². The Balaban J connectivity index is 1.90. The lowest BCUT2D eigenvalue weighted by molar-refractivity contribution is -0.157. The fourth-order valence-electron chi connectivity index (χ4n) is 2.55. The summed E-state index contributed by atoms with van der Waals surface area (Å²) >= 11 is 5.92. The summed E-state index contributed by atoms with van der Waals surface area (Å²) in [5, 5.41) is 11.7. The molecule has 0 spiro atoms. The summed E-state index contributed by atoms with van der Waals surface area (Å²) in [5.41, 5.74) is 0.996. The van der Waals surface area contributed by atoms with Crippen LogP contribution in [0, 0.1) is 0 Å². The molecule has 1 aliphatic heterocycles. The molecule has 1 aliphatic rings. The van der Waals surface area contributed by atoms with E-state index in [2.05, 4.69) is 15.5 Å². The zero-order valence-corrected chi connectivity index (χ0v) is 12.1. The Kier molecular flexibility index (Phi) is 3.85. The van der Waals surface area contributed by atoms with E-state index in [1.165, 1.54) is 11.0 Å². The van der Waals surface area contributed by atoms with Crippen molar-refractivity contribution in [2.45, 2.75) is 12.1 Å². The van der Waals surface area contributed by atoms with E-state index < -0.39 is 6.04 Å². The largest absolute Gasteiger partial charge is 0.383 e. The fraction of sp³-hybridized carbons (Fsp3) is 0.385. The van der Waals surface area contributed by atoms with E-state index in [1.807, 2.05) is 24.3 Å². The fourth-order valence-corrected chi connectivity index (χ4v) is 2.67. The molecule has 0 N–H and O–H groups in total. The first-order chi connectivity index (χ1) is 10.2. The lowest BCUT2D eigenvalue weighted by atomic mass is 9.88. The quantitative estimate of drug-likeness (QED) is 0.773. The molecule has 1 aromatic carbocycles. The number of aromatic nitrogens is 4. The number of rotatable bonds is 5. The predicted molar refractivity (Wildman–Crippen MR) is 74.6 cm³/mol. The van der Waals surface area contributed by atoms with Crippen LogP contribution in [0.1, 0.15) is 17.6 Å². The summed E-state index contributed by atoms with van der Waals surface area (Å²) < 4.78 is 6.55. The zero-order chi connectivity index (χ0) is 14.8. The van der Waals surface area contributed by atoms with Gasteiger partial charge in [0, 0.05) is 18.7 Å². The normalized spacial score (nSPS) is 21.4. The van der Waals surface area contributed by atoms with E-state index in [9.17, 15) is 4.79 Å². The van der Waals surface area contributed by atoms with Crippen molar-refractivity contribution in [2.24, 2.45) is 0 Å². The average Bonchev–Trinajstić information content (AvgIpc) is 3.00. The van der Waals surface area contributed by atoms with Crippen LogP contribution in [-0.2, 0) is 9.53 Å². The number of amides is 1. The molecular formula is C13H14ClN5O2. The van der Waals surface area contributed by atoms with Crippen LogP contribution in [0.5, 0.6) is 0 Å². The summed E-state index contributed by atoms with van der Waals surface area (Å²) in [6.45, 7) is 1.01. The highest BCUT2D eigenvalue weighted by Gasteiger charge is 2.49. The lowest BCUT2D eigenvalue weighted by Crippen LogP contribution is -2.56. The van der Waals surface area contributed by atoms with Gasteiger partial charge in [0.25, 0.3) is 5.91 Å². The number of ether oxygens (including phenoxy) is 1. The molecule has 21 heavy (non-hydrogen) atoms. The molecule has 1 fully saturated rings. The highest BCUT2D eigenvalue weighted by atomic mass is 35.5. The van der Waals surface area contributed by atoms with Crippen LogP contribution in [0.2, 0.25) is 5.02 Å². The number of carbonyl (C=O) groups excluding carboxylic acids is 1. The van der Waals surface area contributed by atoms with Crippen molar-refractivity contribution in [3.8, 4) is 0 Å². The number of hydrogen-bond acceptors (Lipinski definition) is 5. The van der Waals surface area contributed by atoms with Gasteiger partial charge in [-0.15, -0.1) is 5.10 Å². The number of β-lactam (4-membered cyclic amide) rings is 1. The van der Waals surface area contributed by atoms with Crippen molar-refractivity contribution in [3.63, 3.8) is 0 Å². The minimum absolute atomic E-state index is 0.0145. The molecule has 3 rings (SSSR count). The number of carbonyl (C=O) groups is 1. The minimum Gasteiger partial charge on any atom is -0.383 e. The van der Waals surface area contributed by atoms with Gasteiger partial charge in [0.05, 0.1) is 12.6 Å². The third-order valence-electron chi connectivity index (χ3n) is 3.57. The predicted octanol–water partition coefficient (Wildman–Crippen LogP) is 1.10. The van der Waals surface area contributed by atoms with E-state index >= 15 is 0 Å². The van der Waals surface area contributed by atoms with Gasteiger partial charge in [-0.2, -0.15) is 0 Å². The highest BCUT2D eigenvalue weighted by molar-refractivity contribution is 6.30. The molecule has 2 aromatic rings. The molecule has 1 amide bonds. The minimum atomic E-state index is -0.418. The molecule has 0 saturated carbocycles. The van der Waals surface area contributed by atoms with Crippen LogP contribution in [0.25, 0.3) is 0 Å². The summed E-state index contributed by atoms with van der Waals surface area (Å²) in [6, 6.07) is 6.91. The molecule has 2 heterocycles. The lowest BCUT2D eigenvalue weighted by Gasteiger charge is -2.46. The first kappa shape index (κ1) is 14.0. The molecule has 7 nitrogen and oxygen atoms in total. The van der Waals surface area contributed by atoms with Crippen LogP contribution in [0.4, 0.5) is 0 Å². The van der Waals surface area contributed by atoms with Gasteiger partial charge in [0.15, 0.2) is 6.04 Å². The first-order valence-electron chi connectivity index (χ1n) is 6.49. The Bertz CT molecular complexity index is 616. The Morgan fingerprint density at radius 3 is 2.67 bits per heavy atom. The van der Waals surface area contributed by atoms with Crippen LogP contribution in [0.3, 0.4) is 0 Å². The van der Waals surface area contributed by atoms with Crippen molar-refractivity contribution in [1.82, 2.24) is 25.1 Å². The third kappa shape index (κ3) is 2.50. The number of benzene rings is 1. The van der Waals surface area contributed by atoms with E-state index in [-0.39, 0.29) is 11.9 Å². The summed E-state index contributed by atoms with van der Waals surface area (Å²) in [4.78, 5) is 14.1. The number of methoxy groups -OCH3 is 1. The van der Waals surface area contributed by atoms with E-state index in [0.29, 0.717) is 18.2 Å². The topological polar surface area (TPSA) is 73.1 Å². The number of likely N-dealkylation sites (tertiary alicyclic amines) is 1. The molecule has 1 aromatic heterocycles. The second-order valence-electron chi connectivity index (χ2n) is 4.76. The Morgan fingerprint density at radius 2 is 2.05 bits per heavy atom. The molecule has 0 bridgehead atoms. The smallest absolute Gasteiger partial charge is 0.250 e. The Hall–Kier alpha value is -1.99. The van der Waals surface area contributed by atoms with Gasteiger partial charge in [0.2, 0.25) is 0 Å². The summed E-state index contributed by atoms with van der Waals surface area (Å²) in [7, 11) is 1.61. The van der Waals surface area contributed by atoms with Crippen molar-refractivity contribution in [2.75, 3.05) is 20.3 Å². The van der Waals surface area contributed by atoms with Crippen LogP contribution in [0.15, 0.2) is 30.6 Å². The van der Waals surface area contributed by atoms with Gasteiger partial charge < -0.3 is 9.64 Å². The number of nitrogens with zero attached hydrogens (tertiary/aromatic N) is 5. The standard InChI is InChI=1S/C13H14ClN5O2/c1-21-7-6-18-11(9-2-4-10(14)5-3-9)12(13(18)20)19-8-15-16-17-19/h2-5,8,11-12H,6-7H2,1H3/t11-,12-/m0/s1. The molecule has 2 atom stereocenters. The van der Waals surface area contributed by atoms with Gasteiger partial charge in [-0.25, -0.2) is 4.68 Å². The van der Waals surface area contributed by atoms with Crippen molar-refractivity contribution in [1.29, 1.82) is 0 Å². The van der Waals surface area contributed by atoms with Crippen molar-refractivity contribution < 1.29 is 9.53 Å². The van der Waals surface area contributed by atoms with Crippen LogP contribution < -0.4 is 0 Å². The molecule has 0 unspecified atom stereocenters. The molecule has 8 heteroatoms. The third-order valence-corrected chi connectivity index (χ3v) is 3.82. The number of halogens is 1. The molecule has 0 radical (unpaired) electrons.